The molecular formula is C13H11BrO2. The van der Waals surface area contributed by atoms with Crippen molar-refractivity contribution >= 4 is 32.7 Å². The molecule has 0 spiro atoms. The lowest BCUT2D eigenvalue weighted by Gasteiger charge is -2.08. The third-order valence-corrected chi connectivity index (χ3v) is 3.19. The van der Waals surface area contributed by atoms with Gasteiger partial charge in [-0.15, -0.1) is 0 Å². The quantitative estimate of drug-likeness (QED) is 0.908. The average molecular weight is 279 g/mol. The smallest absolute Gasteiger partial charge is 0.310 e. The summed E-state index contributed by atoms with van der Waals surface area (Å²) in [6.07, 6.45) is 0. The fraction of sp³-hybridized carbons (Fsp3) is 0.154. The lowest BCUT2D eigenvalue weighted by molar-refractivity contribution is -0.138. The second-order valence-electron chi connectivity index (χ2n) is 3.81. The normalized spacial score (nSPS) is 12.6. The zero-order valence-corrected chi connectivity index (χ0v) is 10.4. The molecular weight excluding hydrogens is 268 g/mol. The van der Waals surface area contributed by atoms with Crippen molar-refractivity contribution in [3.8, 4) is 0 Å². The SMILES string of the molecule is CC(C(=O)O)c1ccc2ccc(Br)cc2c1. The van der Waals surface area contributed by atoms with Crippen LogP contribution in [-0.4, -0.2) is 11.1 Å². The van der Waals surface area contributed by atoms with E-state index in [2.05, 4.69) is 15.9 Å². The van der Waals surface area contributed by atoms with E-state index in [1.807, 2.05) is 36.4 Å². The average Bonchev–Trinajstić information content (AvgIpc) is 2.26. The summed E-state index contributed by atoms with van der Waals surface area (Å²) in [7, 11) is 0. The summed E-state index contributed by atoms with van der Waals surface area (Å²) >= 11 is 3.41. The number of halogens is 1. The van der Waals surface area contributed by atoms with Gasteiger partial charge in [0.2, 0.25) is 0 Å². The molecule has 2 nitrogen and oxygen atoms in total. The lowest BCUT2D eigenvalue weighted by Crippen LogP contribution is -2.06. The summed E-state index contributed by atoms with van der Waals surface area (Å²) in [5, 5.41) is 11.1. The van der Waals surface area contributed by atoms with Gasteiger partial charge in [-0.25, -0.2) is 0 Å². The third-order valence-electron chi connectivity index (χ3n) is 2.70. The minimum atomic E-state index is -0.797. The first-order chi connectivity index (χ1) is 7.58. The van der Waals surface area contributed by atoms with Gasteiger partial charge in [-0.05, 0) is 35.4 Å². The van der Waals surface area contributed by atoms with E-state index in [0.29, 0.717) is 0 Å². The molecule has 1 atom stereocenters. The Bertz CT molecular complexity index is 549. The van der Waals surface area contributed by atoms with Crippen LogP contribution in [0.15, 0.2) is 40.9 Å². The van der Waals surface area contributed by atoms with Gasteiger partial charge >= 0.3 is 5.97 Å². The first kappa shape index (κ1) is 11.1. The molecule has 0 amide bonds. The monoisotopic (exact) mass is 278 g/mol. The summed E-state index contributed by atoms with van der Waals surface area (Å²) in [4.78, 5) is 10.9. The number of hydrogen-bond acceptors (Lipinski definition) is 1. The van der Waals surface area contributed by atoms with E-state index in [0.717, 1.165) is 20.8 Å². The van der Waals surface area contributed by atoms with Crippen molar-refractivity contribution < 1.29 is 9.90 Å². The van der Waals surface area contributed by atoms with Crippen molar-refractivity contribution in [1.29, 1.82) is 0 Å². The molecule has 2 aromatic carbocycles. The molecule has 0 aliphatic carbocycles. The summed E-state index contributed by atoms with van der Waals surface area (Å²) in [5.74, 6) is -1.27. The predicted octanol–water partition coefficient (Wildman–Crippen LogP) is 3.79. The fourth-order valence-electron chi connectivity index (χ4n) is 1.65. The summed E-state index contributed by atoms with van der Waals surface area (Å²) in [6, 6.07) is 11.7. The first-order valence-electron chi connectivity index (χ1n) is 5.00. The van der Waals surface area contributed by atoms with E-state index in [1.165, 1.54) is 0 Å². The molecule has 0 bridgehead atoms. The van der Waals surface area contributed by atoms with Crippen molar-refractivity contribution in [2.75, 3.05) is 0 Å². The van der Waals surface area contributed by atoms with Gasteiger partial charge in [0.05, 0.1) is 5.92 Å². The number of carbonyl (C=O) groups is 1. The van der Waals surface area contributed by atoms with Crippen molar-refractivity contribution in [2.24, 2.45) is 0 Å². The Kier molecular flexibility index (Phi) is 2.97. The topological polar surface area (TPSA) is 37.3 Å². The molecule has 3 heteroatoms. The zero-order chi connectivity index (χ0) is 11.7. The standard InChI is InChI=1S/C13H11BrO2/c1-8(13(15)16)10-3-2-9-4-5-12(14)7-11(9)6-10/h2-8H,1H3,(H,15,16). The van der Waals surface area contributed by atoms with E-state index in [1.54, 1.807) is 6.92 Å². The van der Waals surface area contributed by atoms with E-state index >= 15 is 0 Å². The molecule has 0 saturated carbocycles. The molecule has 0 aliphatic rings. The molecule has 16 heavy (non-hydrogen) atoms. The maximum Gasteiger partial charge on any atom is 0.310 e. The highest BCUT2D eigenvalue weighted by Crippen LogP contribution is 2.24. The second-order valence-corrected chi connectivity index (χ2v) is 4.73. The van der Waals surface area contributed by atoms with Gasteiger partial charge in [-0.3, -0.25) is 4.79 Å². The van der Waals surface area contributed by atoms with Crippen LogP contribution >= 0.6 is 15.9 Å². The maximum atomic E-state index is 10.9. The first-order valence-corrected chi connectivity index (χ1v) is 5.79. The minimum Gasteiger partial charge on any atom is -0.481 e. The van der Waals surface area contributed by atoms with E-state index in [9.17, 15) is 4.79 Å². The van der Waals surface area contributed by atoms with Crippen LogP contribution in [0.3, 0.4) is 0 Å². The van der Waals surface area contributed by atoms with Crippen molar-refractivity contribution in [3.63, 3.8) is 0 Å². The van der Waals surface area contributed by atoms with Crippen LogP contribution in [0.25, 0.3) is 10.8 Å². The molecule has 0 aliphatic heterocycles. The van der Waals surface area contributed by atoms with Crippen molar-refractivity contribution in [2.45, 2.75) is 12.8 Å². The molecule has 2 aromatic rings. The van der Waals surface area contributed by atoms with Crippen LogP contribution < -0.4 is 0 Å². The number of rotatable bonds is 2. The Hall–Kier alpha value is -1.35. The molecule has 0 aromatic heterocycles. The van der Waals surface area contributed by atoms with Crippen LogP contribution in [0.2, 0.25) is 0 Å². The van der Waals surface area contributed by atoms with Gasteiger partial charge in [0.1, 0.15) is 0 Å². The van der Waals surface area contributed by atoms with Crippen LogP contribution in [-0.2, 0) is 4.79 Å². The Morgan fingerprint density at radius 3 is 2.56 bits per heavy atom. The number of fused-ring (bicyclic) bond motifs is 1. The molecule has 0 saturated heterocycles. The number of hydrogen-bond donors (Lipinski definition) is 1. The Balaban J connectivity index is 2.54. The molecule has 1 unspecified atom stereocenters. The van der Waals surface area contributed by atoms with Crippen molar-refractivity contribution in [3.05, 3.63) is 46.4 Å². The second kappa shape index (κ2) is 4.26. The Labute approximate surface area is 102 Å². The highest BCUT2D eigenvalue weighted by atomic mass is 79.9. The van der Waals surface area contributed by atoms with Crippen LogP contribution in [0.1, 0.15) is 18.4 Å². The predicted molar refractivity (Wildman–Crippen MR) is 67.7 cm³/mol. The van der Waals surface area contributed by atoms with Gasteiger partial charge in [0.25, 0.3) is 0 Å². The number of carboxylic acids is 1. The highest BCUT2D eigenvalue weighted by Gasteiger charge is 2.13. The van der Waals surface area contributed by atoms with Crippen LogP contribution in [0.4, 0.5) is 0 Å². The van der Waals surface area contributed by atoms with E-state index in [4.69, 9.17) is 5.11 Å². The largest absolute Gasteiger partial charge is 0.481 e. The lowest BCUT2D eigenvalue weighted by atomic mass is 9.98. The maximum absolute atomic E-state index is 10.9. The van der Waals surface area contributed by atoms with Crippen molar-refractivity contribution in [1.82, 2.24) is 0 Å². The Morgan fingerprint density at radius 2 is 1.88 bits per heavy atom. The molecule has 0 fully saturated rings. The summed E-state index contributed by atoms with van der Waals surface area (Å²) in [5.41, 5.74) is 0.832. The molecule has 0 heterocycles. The molecule has 0 radical (unpaired) electrons. The third kappa shape index (κ3) is 2.09. The minimum absolute atomic E-state index is 0.469. The van der Waals surface area contributed by atoms with E-state index < -0.39 is 11.9 Å². The highest BCUT2D eigenvalue weighted by molar-refractivity contribution is 9.10. The van der Waals surface area contributed by atoms with Gasteiger partial charge in [-0.2, -0.15) is 0 Å². The summed E-state index contributed by atoms with van der Waals surface area (Å²) in [6.45, 7) is 1.70. The zero-order valence-electron chi connectivity index (χ0n) is 8.77. The fourth-order valence-corrected chi connectivity index (χ4v) is 2.03. The Morgan fingerprint density at radius 1 is 1.19 bits per heavy atom. The van der Waals surface area contributed by atoms with Crippen LogP contribution in [0.5, 0.6) is 0 Å². The molecule has 82 valence electrons. The van der Waals surface area contributed by atoms with Gasteiger partial charge < -0.3 is 5.11 Å². The van der Waals surface area contributed by atoms with Gasteiger partial charge in [0.15, 0.2) is 0 Å². The molecule has 1 N–H and O–H groups in total. The van der Waals surface area contributed by atoms with E-state index in [-0.39, 0.29) is 0 Å². The number of carboxylic acid groups (broad SMARTS) is 1. The van der Waals surface area contributed by atoms with Gasteiger partial charge in [-0.1, -0.05) is 40.2 Å². The summed E-state index contributed by atoms with van der Waals surface area (Å²) < 4.78 is 1.00. The number of aliphatic carboxylic acids is 1. The number of benzene rings is 2. The van der Waals surface area contributed by atoms with Crippen LogP contribution in [0, 0.1) is 0 Å². The molecule has 2 rings (SSSR count). The van der Waals surface area contributed by atoms with Gasteiger partial charge in [0, 0.05) is 4.47 Å².